The molecule has 0 spiro atoms. The van der Waals surface area contributed by atoms with Crippen molar-refractivity contribution in [3.8, 4) is 5.75 Å². The molecule has 2 N–H and O–H groups in total. The van der Waals surface area contributed by atoms with Gasteiger partial charge in [-0.25, -0.2) is 0 Å². The first-order valence-electron chi connectivity index (χ1n) is 8.66. The molecule has 2 aromatic rings. The Labute approximate surface area is 167 Å². The summed E-state index contributed by atoms with van der Waals surface area (Å²) in [4.78, 5) is 38.4. The number of hydrogen-bond acceptors (Lipinski definition) is 5. The van der Waals surface area contributed by atoms with E-state index in [1.165, 1.54) is 12.1 Å². The van der Waals surface area contributed by atoms with E-state index in [1.54, 1.807) is 18.2 Å². The zero-order valence-electron chi connectivity index (χ0n) is 15.8. The minimum atomic E-state index is -0.504. The van der Waals surface area contributed by atoms with Crippen molar-refractivity contribution in [2.24, 2.45) is 0 Å². The molecule has 144 valence electrons. The summed E-state index contributed by atoms with van der Waals surface area (Å²) >= 11 is 0.793. The van der Waals surface area contributed by atoms with Gasteiger partial charge in [0.1, 0.15) is 12.3 Å². The maximum Gasteiger partial charge on any atom is 0.294 e. The summed E-state index contributed by atoms with van der Waals surface area (Å²) in [5, 5.41) is 11.6. The Bertz CT molecular complexity index is 973. The number of benzene rings is 2. The fourth-order valence-electron chi connectivity index (χ4n) is 3.06. The second-order valence-corrected chi connectivity index (χ2v) is 7.67. The van der Waals surface area contributed by atoms with Crippen LogP contribution in [0.2, 0.25) is 0 Å². The van der Waals surface area contributed by atoms with Crippen molar-refractivity contribution in [3.05, 3.63) is 63.6 Å². The quantitative estimate of drug-likeness (QED) is 0.763. The van der Waals surface area contributed by atoms with Gasteiger partial charge in [-0.05, 0) is 67.4 Å². The van der Waals surface area contributed by atoms with Crippen LogP contribution < -0.4 is 5.32 Å². The van der Waals surface area contributed by atoms with E-state index >= 15 is 0 Å². The number of rotatable bonds is 4. The van der Waals surface area contributed by atoms with Crippen molar-refractivity contribution >= 4 is 40.6 Å². The largest absolute Gasteiger partial charge is 0.508 e. The highest BCUT2D eigenvalue weighted by Gasteiger charge is 2.36. The lowest BCUT2D eigenvalue weighted by Gasteiger charge is -2.15. The monoisotopic (exact) mass is 396 g/mol. The molecule has 0 radical (unpaired) electrons. The second kappa shape index (κ2) is 7.90. The standard InChI is InChI=1S/C21H20N2O4S/c1-12-8-13(2)19(14(3)9-12)22-18(25)11-23-20(26)17(28-21(23)27)10-15-4-6-16(24)7-5-15/h4-10,24H,11H2,1-3H3,(H,22,25)/b17-10+. The van der Waals surface area contributed by atoms with E-state index in [1.807, 2.05) is 32.9 Å². The Hall–Kier alpha value is -3.06. The third-order valence-electron chi connectivity index (χ3n) is 4.31. The van der Waals surface area contributed by atoms with Crippen LogP contribution in [0, 0.1) is 20.8 Å². The van der Waals surface area contributed by atoms with E-state index < -0.39 is 17.1 Å². The lowest BCUT2D eigenvalue weighted by molar-refractivity contribution is -0.127. The average Bonchev–Trinajstić information content (AvgIpc) is 2.87. The van der Waals surface area contributed by atoms with Crippen molar-refractivity contribution in [1.82, 2.24) is 4.90 Å². The van der Waals surface area contributed by atoms with Gasteiger partial charge in [0.05, 0.1) is 4.91 Å². The smallest absolute Gasteiger partial charge is 0.294 e. The van der Waals surface area contributed by atoms with Crippen LogP contribution in [0.25, 0.3) is 6.08 Å². The maximum absolute atomic E-state index is 12.5. The molecule has 2 aromatic carbocycles. The molecule has 0 aliphatic carbocycles. The van der Waals surface area contributed by atoms with Crippen molar-refractivity contribution in [3.63, 3.8) is 0 Å². The Kier molecular flexibility index (Phi) is 5.56. The number of thioether (sulfide) groups is 1. The van der Waals surface area contributed by atoms with Crippen LogP contribution in [0.5, 0.6) is 5.75 Å². The summed E-state index contributed by atoms with van der Waals surface area (Å²) in [6.45, 7) is 5.43. The Morgan fingerprint density at radius 3 is 2.32 bits per heavy atom. The van der Waals surface area contributed by atoms with E-state index in [9.17, 15) is 19.5 Å². The first-order valence-corrected chi connectivity index (χ1v) is 9.48. The Balaban J connectivity index is 1.72. The third-order valence-corrected chi connectivity index (χ3v) is 5.22. The molecule has 7 heteroatoms. The van der Waals surface area contributed by atoms with Crippen LogP contribution in [0.3, 0.4) is 0 Å². The molecular weight excluding hydrogens is 376 g/mol. The minimum Gasteiger partial charge on any atom is -0.508 e. The van der Waals surface area contributed by atoms with Crippen molar-refractivity contribution < 1.29 is 19.5 Å². The molecule has 0 aromatic heterocycles. The number of aromatic hydroxyl groups is 1. The van der Waals surface area contributed by atoms with Gasteiger partial charge in [-0.2, -0.15) is 0 Å². The number of anilines is 1. The second-order valence-electron chi connectivity index (χ2n) is 6.68. The van der Waals surface area contributed by atoms with Crippen LogP contribution in [0.1, 0.15) is 22.3 Å². The molecule has 0 saturated carbocycles. The van der Waals surface area contributed by atoms with Gasteiger partial charge in [-0.3, -0.25) is 19.3 Å². The van der Waals surface area contributed by atoms with E-state index in [0.717, 1.165) is 33.4 Å². The molecule has 1 aliphatic rings. The minimum absolute atomic E-state index is 0.114. The van der Waals surface area contributed by atoms with Crippen molar-refractivity contribution in [2.45, 2.75) is 20.8 Å². The number of phenolic OH excluding ortho intramolecular Hbond substituents is 1. The summed E-state index contributed by atoms with van der Waals surface area (Å²) < 4.78 is 0. The predicted octanol–water partition coefficient (Wildman–Crippen LogP) is 3.99. The molecule has 3 rings (SSSR count). The van der Waals surface area contributed by atoms with Gasteiger partial charge >= 0.3 is 0 Å². The number of aryl methyl sites for hydroxylation is 3. The Morgan fingerprint density at radius 2 is 1.71 bits per heavy atom. The van der Waals surface area contributed by atoms with Gasteiger partial charge in [0.25, 0.3) is 11.1 Å². The Morgan fingerprint density at radius 1 is 1.11 bits per heavy atom. The van der Waals surface area contributed by atoms with Crippen LogP contribution in [0.15, 0.2) is 41.3 Å². The summed E-state index contributed by atoms with van der Waals surface area (Å²) in [5.74, 6) is -0.817. The molecule has 3 amide bonds. The third kappa shape index (κ3) is 4.26. The van der Waals surface area contributed by atoms with Crippen LogP contribution in [0.4, 0.5) is 10.5 Å². The first kappa shape index (κ1) is 19.7. The highest BCUT2D eigenvalue weighted by atomic mass is 32.2. The lowest BCUT2D eigenvalue weighted by Crippen LogP contribution is -2.36. The van der Waals surface area contributed by atoms with Gasteiger partial charge in [0, 0.05) is 5.69 Å². The SMILES string of the molecule is Cc1cc(C)c(NC(=O)CN2C(=O)S/C(=C/c3ccc(O)cc3)C2=O)c(C)c1. The number of hydrogen-bond donors (Lipinski definition) is 2. The van der Waals surface area contributed by atoms with Gasteiger partial charge in [0.2, 0.25) is 5.91 Å². The van der Waals surface area contributed by atoms with Gasteiger partial charge < -0.3 is 10.4 Å². The van der Waals surface area contributed by atoms with Crippen molar-refractivity contribution in [2.75, 3.05) is 11.9 Å². The summed E-state index contributed by atoms with van der Waals surface area (Å²) in [6, 6.07) is 10.2. The zero-order chi connectivity index (χ0) is 20.4. The van der Waals surface area contributed by atoms with E-state index in [-0.39, 0.29) is 17.2 Å². The van der Waals surface area contributed by atoms with Gasteiger partial charge in [-0.1, -0.05) is 29.8 Å². The number of carbonyl (C=O) groups excluding carboxylic acids is 3. The number of nitrogens with one attached hydrogen (secondary N) is 1. The van der Waals surface area contributed by atoms with Gasteiger partial charge in [0.15, 0.2) is 0 Å². The molecule has 0 unspecified atom stereocenters. The fraction of sp³-hybridized carbons (Fsp3) is 0.190. The highest BCUT2D eigenvalue weighted by Crippen LogP contribution is 2.32. The lowest BCUT2D eigenvalue weighted by atomic mass is 10.1. The average molecular weight is 396 g/mol. The number of carbonyl (C=O) groups is 3. The summed E-state index contributed by atoms with van der Waals surface area (Å²) in [6.07, 6.45) is 1.57. The van der Waals surface area contributed by atoms with Crippen LogP contribution in [-0.2, 0) is 9.59 Å². The number of phenols is 1. The van der Waals surface area contributed by atoms with E-state index in [0.29, 0.717) is 11.3 Å². The fourth-order valence-corrected chi connectivity index (χ4v) is 3.90. The summed E-state index contributed by atoms with van der Waals surface area (Å²) in [7, 11) is 0. The molecule has 1 heterocycles. The molecule has 0 bridgehead atoms. The highest BCUT2D eigenvalue weighted by molar-refractivity contribution is 8.18. The first-order chi connectivity index (χ1) is 13.2. The van der Waals surface area contributed by atoms with Crippen molar-refractivity contribution in [1.29, 1.82) is 0 Å². The topological polar surface area (TPSA) is 86.7 Å². The maximum atomic E-state index is 12.5. The van der Waals surface area contributed by atoms with Crippen LogP contribution >= 0.6 is 11.8 Å². The normalized spacial score (nSPS) is 15.4. The molecule has 0 atom stereocenters. The molecule has 28 heavy (non-hydrogen) atoms. The molecule has 1 aliphatic heterocycles. The van der Waals surface area contributed by atoms with Crippen LogP contribution in [-0.4, -0.2) is 33.6 Å². The molecule has 6 nitrogen and oxygen atoms in total. The molecular formula is C21H20N2O4S. The molecule has 1 fully saturated rings. The number of amides is 3. The van der Waals surface area contributed by atoms with Gasteiger partial charge in [-0.15, -0.1) is 0 Å². The number of nitrogens with zero attached hydrogens (tertiary/aromatic N) is 1. The number of imide groups is 1. The van der Waals surface area contributed by atoms with E-state index in [2.05, 4.69) is 5.32 Å². The zero-order valence-corrected chi connectivity index (χ0v) is 16.6. The molecule has 1 saturated heterocycles. The summed E-state index contributed by atoms with van der Waals surface area (Å²) in [5.41, 5.74) is 4.32. The predicted molar refractivity (Wildman–Crippen MR) is 110 cm³/mol. The van der Waals surface area contributed by atoms with E-state index in [4.69, 9.17) is 0 Å².